The van der Waals surface area contributed by atoms with E-state index in [1.54, 1.807) is 18.2 Å². The van der Waals surface area contributed by atoms with E-state index in [0.29, 0.717) is 17.1 Å². The molecule has 4 aromatic rings. The summed E-state index contributed by atoms with van der Waals surface area (Å²) in [6.45, 7) is 0. The number of hydrazone groups is 1. The number of hydrogen-bond acceptors (Lipinski definition) is 5. The molecule has 2 heterocycles. The minimum Gasteiger partial charge on any atom is -0.478 e. The van der Waals surface area contributed by atoms with Crippen LogP contribution in [-0.4, -0.2) is 34.1 Å². The maximum absolute atomic E-state index is 13.6. The number of furan rings is 1. The van der Waals surface area contributed by atoms with E-state index in [4.69, 9.17) is 16.0 Å². The number of benzene rings is 3. The molecule has 4 aliphatic rings. The first-order chi connectivity index (χ1) is 18.4. The zero-order valence-electron chi connectivity index (χ0n) is 19.7. The number of carboxylic acid groups (broad SMARTS) is 1. The number of nitrogens with zero attached hydrogens (tertiary/aromatic N) is 2. The lowest BCUT2D eigenvalue weighted by Gasteiger charge is -2.45. The van der Waals surface area contributed by atoms with Crippen molar-refractivity contribution in [2.75, 3.05) is 0 Å². The van der Waals surface area contributed by atoms with E-state index in [2.05, 4.69) is 29.4 Å². The molecule has 8 heteroatoms. The summed E-state index contributed by atoms with van der Waals surface area (Å²) in [6, 6.07) is 24.0. The molecule has 0 unspecified atom stereocenters. The van der Waals surface area contributed by atoms with Crippen LogP contribution in [0.2, 0.25) is 5.02 Å². The first kappa shape index (κ1) is 22.7. The van der Waals surface area contributed by atoms with Crippen LogP contribution in [0.1, 0.15) is 50.2 Å². The second-order valence-electron chi connectivity index (χ2n) is 9.70. The van der Waals surface area contributed by atoms with Gasteiger partial charge in [0.1, 0.15) is 11.5 Å². The van der Waals surface area contributed by atoms with Crippen LogP contribution in [0.25, 0.3) is 11.3 Å². The van der Waals surface area contributed by atoms with Gasteiger partial charge in [0, 0.05) is 17.4 Å². The zero-order chi connectivity index (χ0) is 26.1. The van der Waals surface area contributed by atoms with Gasteiger partial charge in [0.05, 0.1) is 28.6 Å². The highest BCUT2D eigenvalue weighted by Crippen LogP contribution is 2.60. The lowest BCUT2D eigenvalue weighted by atomic mass is 9.55. The predicted molar refractivity (Wildman–Crippen MR) is 139 cm³/mol. The fourth-order valence-electron chi connectivity index (χ4n) is 6.31. The van der Waals surface area contributed by atoms with Gasteiger partial charge < -0.3 is 9.52 Å². The molecule has 38 heavy (non-hydrogen) atoms. The monoisotopic (exact) mass is 522 g/mol. The molecule has 0 radical (unpaired) electrons. The van der Waals surface area contributed by atoms with Crippen molar-refractivity contribution in [2.45, 2.75) is 11.8 Å². The minimum atomic E-state index is -1.14. The Morgan fingerprint density at radius 1 is 0.842 bits per heavy atom. The molecule has 1 aromatic heterocycles. The number of carboxylic acids is 1. The molecule has 8 rings (SSSR count). The average Bonchev–Trinajstić information content (AvgIpc) is 3.50. The average molecular weight is 523 g/mol. The SMILES string of the molecule is O=C(O)c1cc(-c2ccc(/C=N\N3C(=O)[C@@H]4C5c6ccccc6C(c6ccccc65)[C@H]4C3=O)o2)ccc1Cl. The Hall–Kier alpha value is -4.49. The standard InChI is InChI=1S/C30H19ClN2O5/c31-22-11-9-15(13-21(22)30(36)37)23-12-10-16(38-23)14-32-33-28(34)26-24-17-5-1-2-6-18(17)25(27(26)29(33)35)20-8-4-3-7-19(20)24/h1-14,24-27H,(H,36,37)/b32-14-/t24?,25?,26-,27-/m1/s1. The van der Waals surface area contributed by atoms with Crippen LogP contribution >= 0.6 is 11.6 Å². The summed E-state index contributed by atoms with van der Waals surface area (Å²) in [5.41, 5.74) is 4.89. The molecule has 2 amide bonds. The highest BCUT2D eigenvalue weighted by Gasteiger charge is 2.61. The van der Waals surface area contributed by atoms with Gasteiger partial charge in [-0.1, -0.05) is 60.1 Å². The van der Waals surface area contributed by atoms with Gasteiger partial charge in [-0.05, 0) is 52.6 Å². The molecule has 0 spiro atoms. The third kappa shape index (κ3) is 3.15. The lowest BCUT2D eigenvalue weighted by Crippen LogP contribution is -2.41. The van der Waals surface area contributed by atoms with Gasteiger partial charge in [0.2, 0.25) is 0 Å². The summed E-state index contributed by atoms with van der Waals surface area (Å²) in [7, 11) is 0. The Bertz CT molecular complexity index is 1590. The molecule has 1 aliphatic heterocycles. The van der Waals surface area contributed by atoms with Gasteiger partial charge in [0.25, 0.3) is 11.8 Å². The molecule has 1 N–H and O–H groups in total. The maximum atomic E-state index is 13.6. The largest absolute Gasteiger partial charge is 0.478 e. The minimum absolute atomic E-state index is 0.0386. The van der Waals surface area contributed by atoms with Crippen LogP contribution in [0.5, 0.6) is 0 Å². The van der Waals surface area contributed by atoms with Crippen molar-refractivity contribution < 1.29 is 23.9 Å². The normalized spacial score (nSPS) is 23.0. The Kier molecular flexibility index (Phi) is 4.93. The van der Waals surface area contributed by atoms with Crippen LogP contribution in [0.15, 0.2) is 88.4 Å². The highest BCUT2D eigenvalue weighted by atomic mass is 35.5. The molecule has 7 nitrogen and oxygen atoms in total. The molecular weight excluding hydrogens is 504 g/mol. The summed E-state index contributed by atoms with van der Waals surface area (Å²) >= 11 is 5.97. The number of hydrogen-bond donors (Lipinski definition) is 1. The Labute approximate surface area is 222 Å². The molecule has 2 atom stereocenters. The van der Waals surface area contributed by atoms with Crippen molar-refractivity contribution in [1.82, 2.24) is 5.01 Å². The number of carbonyl (C=O) groups excluding carboxylic acids is 2. The van der Waals surface area contributed by atoms with Gasteiger partial charge in [-0.25, -0.2) is 4.79 Å². The molecule has 186 valence electrons. The van der Waals surface area contributed by atoms with Gasteiger partial charge >= 0.3 is 5.97 Å². The van der Waals surface area contributed by atoms with Gasteiger partial charge in [-0.2, -0.15) is 10.1 Å². The summed E-state index contributed by atoms with van der Waals surface area (Å²) in [6.07, 6.45) is 1.34. The molecule has 0 saturated carbocycles. The van der Waals surface area contributed by atoms with Crippen molar-refractivity contribution >= 4 is 35.6 Å². The van der Waals surface area contributed by atoms with Crippen LogP contribution < -0.4 is 0 Å². The molecule has 1 saturated heterocycles. The second kappa shape index (κ2) is 8.26. The first-order valence-electron chi connectivity index (χ1n) is 12.2. The number of carbonyl (C=O) groups is 3. The van der Waals surface area contributed by atoms with E-state index >= 15 is 0 Å². The summed E-state index contributed by atoms with van der Waals surface area (Å²) in [5, 5.41) is 14.7. The molecular formula is C30H19ClN2O5. The Morgan fingerprint density at radius 3 is 1.92 bits per heavy atom. The smallest absolute Gasteiger partial charge is 0.337 e. The van der Waals surface area contributed by atoms with E-state index in [0.717, 1.165) is 27.3 Å². The number of imide groups is 1. The molecule has 2 bridgehead atoms. The van der Waals surface area contributed by atoms with E-state index < -0.39 is 17.8 Å². The van der Waals surface area contributed by atoms with E-state index in [1.807, 2.05) is 24.3 Å². The molecule has 3 aromatic carbocycles. The predicted octanol–water partition coefficient (Wildman–Crippen LogP) is 5.52. The maximum Gasteiger partial charge on any atom is 0.337 e. The van der Waals surface area contributed by atoms with E-state index in [9.17, 15) is 19.5 Å². The zero-order valence-corrected chi connectivity index (χ0v) is 20.5. The first-order valence-corrected chi connectivity index (χ1v) is 12.5. The van der Waals surface area contributed by atoms with Crippen molar-refractivity contribution in [2.24, 2.45) is 16.9 Å². The van der Waals surface area contributed by atoms with Crippen molar-refractivity contribution in [3.8, 4) is 11.3 Å². The van der Waals surface area contributed by atoms with Crippen LogP contribution in [0, 0.1) is 11.8 Å². The Morgan fingerprint density at radius 2 is 1.39 bits per heavy atom. The third-order valence-electron chi connectivity index (χ3n) is 7.83. The third-order valence-corrected chi connectivity index (χ3v) is 8.16. The summed E-state index contributed by atoms with van der Waals surface area (Å²) in [5.74, 6) is -2.46. The van der Waals surface area contributed by atoms with Gasteiger partial charge in [-0.3, -0.25) is 9.59 Å². The van der Waals surface area contributed by atoms with Gasteiger partial charge in [-0.15, -0.1) is 0 Å². The fraction of sp³-hybridized carbons (Fsp3) is 0.133. The van der Waals surface area contributed by atoms with Crippen molar-refractivity contribution in [3.63, 3.8) is 0 Å². The van der Waals surface area contributed by atoms with Crippen molar-refractivity contribution in [1.29, 1.82) is 0 Å². The van der Waals surface area contributed by atoms with Crippen LogP contribution in [-0.2, 0) is 9.59 Å². The van der Waals surface area contributed by atoms with Crippen LogP contribution in [0.3, 0.4) is 0 Å². The summed E-state index contributed by atoms with van der Waals surface area (Å²) in [4.78, 5) is 38.7. The van der Waals surface area contributed by atoms with Crippen molar-refractivity contribution in [3.05, 3.63) is 117 Å². The second-order valence-corrected chi connectivity index (χ2v) is 10.1. The number of rotatable bonds is 4. The molecule has 3 aliphatic carbocycles. The van der Waals surface area contributed by atoms with E-state index in [-0.39, 0.29) is 34.2 Å². The van der Waals surface area contributed by atoms with Crippen LogP contribution in [0.4, 0.5) is 0 Å². The number of aromatic carboxylic acids is 1. The lowest BCUT2D eigenvalue weighted by molar-refractivity contribution is -0.139. The quantitative estimate of drug-likeness (QED) is 0.281. The van der Waals surface area contributed by atoms with E-state index in [1.165, 1.54) is 18.3 Å². The van der Waals surface area contributed by atoms with Gasteiger partial charge in [0.15, 0.2) is 0 Å². The molecule has 1 fully saturated rings. The number of halogens is 1. The summed E-state index contributed by atoms with van der Waals surface area (Å²) < 4.78 is 5.81. The topological polar surface area (TPSA) is 100 Å². The number of amides is 2. The Balaban J connectivity index is 1.21. The highest BCUT2D eigenvalue weighted by molar-refractivity contribution is 6.33. The fourth-order valence-corrected chi connectivity index (χ4v) is 6.51.